The summed E-state index contributed by atoms with van der Waals surface area (Å²) in [5.41, 5.74) is 1.25. The molecule has 1 heterocycles. The lowest BCUT2D eigenvalue weighted by Crippen LogP contribution is -2.53. The van der Waals surface area contributed by atoms with E-state index < -0.39 is 0 Å². The number of carbonyl (C=O) groups is 2. The first-order valence-electron chi connectivity index (χ1n) is 7.97. The highest BCUT2D eigenvalue weighted by atomic mass is 16.5. The lowest BCUT2D eigenvalue weighted by molar-refractivity contribution is -0.140. The highest BCUT2D eigenvalue weighted by Gasteiger charge is 2.31. The van der Waals surface area contributed by atoms with Gasteiger partial charge >= 0.3 is 0 Å². The molecule has 1 aromatic rings. The number of amides is 2. The third-order valence-corrected chi connectivity index (χ3v) is 4.15. The van der Waals surface area contributed by atoms with Crippen molar-refractivity contribution in [3.63, 3.8) is 0 Å². The summed E-state index contributed by atoms with van der Waals surface area (Å²) in [6.07, 6.45) is 0. The molecule has 0 N–H and O–H groups in total. The summed E-state index contributed by atoms with van der Waals surface area (Å²) in [5, 5.41) is 0. The highest BCUT2D eigenvalue weighted by Crippen LogP contribution is 2.22. The van der Waals surface area contributed by atoms with Gasteiger partial charge in [0.2, 0.25) is 5.91 Å². The molecule has 2 rings (SSSR count). The van der Waals surface area contributed by atoms with Gasteiger partial charge in [-0.05, 0) is 24.6 Å². The molecule has 5 nitrogen and oxygen atoms in total. The Bertz CT molecular complexity index is 597. The minimum atomic E-state index is -0.378. The average Bonchev–Trinajstić information content (AvgIpc) is 2.53. The molecule has 0 radical (unpaired) electrons. The van der Waals surface area contributed by atoms with Crippen LogP contribution in [0.2, 0.25) is 0 Å². The van der Waals surface area contributed by atoms with Crippen LogP contribution in [-0.2, 0) is 4.79 Å². The molecular weight excluding hydrogens is 292 g/mol. The van der Waals surface area contributed by atoms with E-state index in [9.17, 15) is 9.59 Å². The average molecular weight is 318 g/mol. The Morgan fingerprint density at radius 3 is 2.13 bits per heavy atom. The molecule has 0 unspecified atom stereocenters. The third kappa shape index (κ3) is 3.84. The summed E-state index contributed by atoms with van der Waals surface area (Å²) in [6.45, 7) is 10.0. The van der Waals surface area contributed by atoms with Gasteiger partial charge in [0.1, 0.15) is 5.75 Å². The van der Waals surface area contributed by atoms with E-state index in [-0.39, 0.29) is 17.2 Å². The van der Waals surface area contributed by atoms with Gasteiger partial charge in [-0.3, -0.25) is 9.59 Å². The van der Waals surface area contributed by atoms with Crippen LogP contribution >= 0.6 is 0 Å². The number of benzene rings is 1. The van der Waals surface area contributed by atoms with Crippen LogP contribution in [0.1, 0.15) is 36.7 Å². The summed E-state index contributed by atoms with van der Waals surface area (Å²) >= 11 is 0. The first-order valence-corrected chi connectivity index (χ1v) is 7.97. The largest absolute Gasteiger partial charge is 0.496 e. The van der Waals surface area contributed by atoms with Crippen molar-refractivity contribution < 1.29 is 14.3 Å². The Morgan fingerprint density at radius 1 is 1.04 bits per heavy atom. The smallest absolute Gasteiger partial charge is 0.254 e. The Hall–Kier alpha value is -2.04. The molecule has 1 fully saturated rings. The number of ether oxygens (including phenoxy) is 1. The van der Waals surface area contributed by atoms with E-state index in [1.54, 1.807) is 18.1 Å². The first-order chi connectivity index (χ1) is 10.7. The molecule has 5 heteroatoms. The number of carbonyl (C=O) groups excluding carboxylic acids is 2. The maximum atomic E-state index is 12.6. The molecule has 1 aliphatic rings. The molecule has 1 saturated heterocycles. The maximum absolute atomic E-state index is 12.6. The van der Waals surface area contributed by atoms with Crippen molar-refractivity contribution in [2.45, 2.75) is 27.7 Å². The number of hydrogen-bond acceptors (Lipinski definition) is 3. The lowest BCUT2D eigenvalue weighted by atomic mass is 9.94. The van der Waals surface area contributed by atoms with Gasteiger partial charge in [0.05, 0.1) is 7.11 Å². The van der Waals surface area contributed by atoms with Crippen LogP contribution in [0.3, 0.4) is 0 Å². The predicted octanol–water partition coefficient (Wildman–Crippen LogP) is 2.33. The summed E-state index contributed by atoms with van der Waals surface area (Å²) in [4.78, 5) is 28.6. The fourth-order valence-corrected chi connectivity index (χ4v) is 2.72. The van der Waals surface area contributed by atoms with Gasteiger partial charge < -0.3 is 14.5 Å². The van der Waals surface area contributed by atoms with Crippen LogP contribution in [0, 0.1) is 12.3 Å². The highest BCUT2D eigenvalue weighted by molar-refractivity contribution is 5.95. The van der Waals surface area contributed by atoms with Gasteiger partial charge in [-0.25, -0.2) is 0 Å². The topological polar surface area (TPSA) is 49.9 Å². The number of nitrogens with zero attached hydrogens (tertiary/aromatic N) is 2. The second-order valence-corrected chi connectivity index (χ2v) is 7.02. The van der Waals surface area contributed by atoms with Gasteiger partial charge in [0.15, 0.2) is 0 Å². The summed E-state index contributed by atoms with van der Waals surface area (Å²) in [5.74, 6) is 0.852. The van der Waals surface area contributed by atoms with Crippen molar-refractivity contribution in [1.29, 1.82) is 0 Å². The maximum Gasteiger partial charge on any atom is 0.254 e. The molecule has 0 saturated carbocycles. The Kier molecular flexibility index (Phi) is 4.97. The number of hydrogen-bond donors (Lipinski definition) is 0. The molecule has 23 heavy (non-hydrogen) atoms. The summed E-state index contributed by atoms with van der Waals surface area (Å²) in [6, 6.07) is 5.50. The lowest BCUT2D eigenvalue weighted by Gasteiger charge is -2.37. The van der Waals surface area contributed by atoms with Crippen LogP contribution in [0.25, 0.3) is 0 Å². The van der Waals surface area contributed by atoms with E-state index in [4.69, 9.17) is 4.74 Å². The van der Waals surface area contributed by atoms with E-state index in [1.807, 2.05) is 44.7 Å². The zero-order chi connectivity index (χ0) is 17.2. The molecule has 1 aromatic carbocycles. The minimum Gasteiger partial charge on any atom is -0.496 e. The van der Waals surface area contributed by atoms with E-state index >= 15 is 0 Å². The van der Waals surface area contributed by atoms with E-state index in [2.05, 4.69) is 0 Å². The summed E-state index contributed by atoms with van der Waals surface area (Å²) in [7, 11) is 1.60. The monoisotopic (exact) mass is 318 g/mol. The standard InChI is InChI=1S/C18H26N2O3/c1-13-6-7-14(12-15(13)23-5)16(21)19-8-10-20(11-9-19)17(22)18(2,3)4/h6-7,12H,8-11H2,1-5H3. The van der Waals surface area contributed by atoms with Crippen molar-refractivity contribution in [3.8, 4) is 5.75 Å². The quantitative estimate of drug-likeness (QED) is 0.841. The zero-order valence-electron chi connectivity index (χ0n) is 14.7. The number of methoxy groups -OCH3 is 1. The second kappa shape index (κ2) is 6.60. The molecular formula is C18H26N2O3. The van der Waals surface area contributed by atoms with Crippen molar-refractivity contribution in [2.24, 2.45) is 5.41 Å². The Morgan fingerprint density at radius 2 is 1.61 bits per heavy atom. The minimum absolute atomic E-state index is 0.00819. The van der Waals surface area contributed by atoms with Crippen molar-refractivity contribution in [1.82, 2.24) is 9.80 Å². The van der Waals surface area contributed by atoms with Crippen molar-refractivity contribution >= 4 is 11.8 Å². The fraction of sp³-hybridized carbons (Fsp3) is 0.556. The van der Waals surface area contributed by atoms with E-state index in [0.29, 0.717) is 31.7 Å². The van der Waals surface area contributed by atoms with Crippen LogP contribution < -0.4 is 4.74 Å². The van der Waals surface area contributed by atoms with Crippen LogP contribution in [0.15, 0.2) is 18.2 Å². The number of rotatable bonds is 2. The van der Waals surface area contributed by atoms with Gasteiger partial charge in [-0.15, -0.1) is 0 Å². The SMILES string of the molecule is COc1cc(C(=O)N2CCN(C(=O)C(C)(C)C)CC2)ccc1C. The fourth-order valence-electron chi connectivity index (χ4n) is 2.72. The first kappa shape index (κ1) is 17.3. The number of piperazine rings is 1. The van der Waals surface area contributed by atoms with Gasteiger partial charge in [0.25, 0.3) is 5.91 Å². The van der Waals surface area contributed by atoms with E-state index in [1.165, 1.54) is 0 Å². The third-order valence-electron chi connectivity index (χ3n) is 4.15. The Balaban J connectivity index is 2.03. The molecule has 0 aliphatic carbocycles. The van der Waals surface area contributed by atoms with Crippen LogP contribution in [-0.4, -0.2) is 54.9 Å². The van der Waals surface area contributed by atoms with Gasteiger partial charge in [-0.2, -0.15) is 0 Å². The van der Waals surface area contributed by atoms with Crippen LogP contribution in [0.4, 0.5) is 0 Å². The number of aryl methyl sites for hydroxylation is 1. The predicted molar refractivity (Wildman–Crippen MR) is 89.7 cm³/mol. The molecule has 2 amide bonds. The second-order valence-electron chi connectivity index (χ2n) is 7.02. The summed E-state index contributed by atoms with van der Waals surface area (Å²) < 4.78 is 5.29. The zero-order valence-corrected chi connectivity index (χ0v) is 14.7. The molecule has 1 aliphatic heterocycles. The molecule has 0 spiro atoms. The normalized spacial score (nSPS) is 15.5. The van der Waals surface area contributed by atoms with Gasteiger partial charge in [0, 0.05) is 37.2 Å². The van der Waals surface area contributed by atoms with Crippen molar-refractivity contribution in [2.75, 3.05) is 33.3 Å². The van der Waals surface area contributed by atoms with Crippen molar-refractivity contribution in [3.05, 3.63) is 29.3 Å². The van der Waals surface area contributed by atoms with Crippen LogP contribution in [0.5, 0.6) is 5.75 Å². The van der Waals surface area contributed by atoms with Gasteiger partial charge in [-0.1, -0.05) is 26.8 Å². The molecule has 0 bridgehead atoms. The Labute approximate surface area is 138 Å². The molecule has 126 valence electrons. The molecule has 0 atom stereocenters. The van der Waals surface area contributed by atoms with E-state index in [0.717, 1.165) is 11.3 Å². The molecule has 0 aromatic heterocycles.